The van der Waals surface area contributed by atoms with Gasteiger partial charge in [0.1, 0.15) is 6.04 Å². The molecule has 0 radical (unpaired) electrons. The molecule has 1 aromatic rings. The first-order chi connectivity index (χ1) is 9.81. The minimum absolute atomic E-state index is 0.0523. The predicted octanol–water partition coefficient (Wildman–Crippen LogP) is 2.84. The highest BCUT2D eigenvalue weighted by Crippen LogP contribution is 2.34. The van der Waals surface area contributed by atoms with Crippen molar-refractivity contribution in [1.29, 1.82) is 0 Å². The summed E-state index contributed by atoms with van der Waals surface area (Å²) in [5.41, 5.74) is 2.61. The summed E-state index contributed by atoms with van der Waals surface area (Å²) in [6.45, 7) is 5.09. The first-order valence-electron chi connectivity index (χ1n) is 7.94. The van der Waals surface area contributed by atoms with Crippen LogP contribution >= 0.6 is 0 Å². The van der Waals surface area contributed by atoms with Crippen LogP contribution in [0.5, 0.6) is 0 Å². The lowest BCUT2D eigenvalue weighted by atomic mass is 10.1. The van der Waals surface area contributed by atoms with Gasteiger partial charge in [-0.15, -0.1) is 0 Å². The zero-order valence-electron chi connectivity index (χ0n) is 12.3. The molecule has 1 aromatic carbocycles. The van der Waals surface area contributed by atoms with E-state index in [4.69, 9.17) is 0 Å². The van der Waals surface area contributed by atoms with Crippen molar-refractivity contribution < 1.29 is 4.79 Å². The van der Waals surface area contributed by atoms with Crippen LogP contribution in [0.25, 0.3) is 0 Å². The van der Waals surface area contributed by atoms with Crippen LogP contribution in [0, 0.1) is 0 Å². The van der Waals surface area contributed by atoms with Gasteiger partial charge in [0.05, 0.1) is 0 Å². The highest BCUT2D eigenvalue weighted by molar-refractivity contribution is 5.88. The molecule has 3 nitrogen and oxygen atoms in total. The van der Waals surface area contributed by atoms with Crippen LogP contribution in [-0.2, 0) is 11.2 Å². The van der Waals surface area contributed by atoms with Gasteiger partial charge in [-0.25, -0.2) is 0 Å². The van der Waals surface area contributed by atoms with E-state index >= 15 is 0 Å². The number of para-hydroxylation sites is 1. The number of unbranched alkanes of at least 4 members (excludes halogenated alkanes) is 2. The van der Waals surface area contributed by atoms with Crippen LogP contribution in [-0.4, -0.2) is 36.5 Å². The van der Waals surface area contributed by atoms with Gasteiger partial charge in [0, 0.05) is 31.7 Å². The van der Waals surface area contributed by atoms with E-state index in [0.717, 1.165) is 38.9 Å². The zero-order valence-corrected chi connectivity index (χ0v) is 12.3. The van der Waals surface area contributed by atoms with Crippen molar-refractivity contribution in [1.82, 2.24) is 4.90 Å². The van der Waals surface area contributed by atoms with Crippen molar-refractivity contribution in [2.24, 2.45) is 0 Å². The van der Waals surface area contributed by atoms with Crippen LogP contribution in [0.4, 0.5) is 5.69 Å². The molecular formula is C17H24N2O. The number of hydrogen-bond acceptors (Lipinski definition) is 2. The van der Waals surface area contributed by atoms with Crippen molar-refractivity contribution in [2.45, 2.75) is 45.1 Å². The zero-order chi connectivity index (χ0) is 13.9. The third-order valence-corrected chi connectivity index (χ3v) is 4.55. The normalized spacial score (nSPS) is 21.6. The summed E-state index contributed by atoms with van der Waals surface area (Å²) in [7, 11) is 0. The summed E-state index contributed by atoms with van der Waals surface area (Å²) < 4.78 is 0. The molecule has 3 heteroatoms. The van der Waals surface area contributed by atoms with Crippen molar-refractivity contribution in [3.05, 3.63) is 29.8 Å². The molecule has 1 unspecified atom stereocenters. The third-order valence-electron chi connectivity index (χ3n) is 4.55. The van der Waals surface area contributed by atoms with E-state index in [2.05, 4.69) is 41.0 Å². The summed E-state index contributed by atoms with van der Waals surface area (Å²) in [6, 6.07) is 8.54. The van der Waals surface area contributed by atoms with Gasteiger partial charge in [-0.3, -0.25) is 4.79 Å². The monoisotopic (exact) mass is 272 g/mol. The number of benzene rings is 1. The Balaban J connectivity index is 1.74. The molecule has 0 N–H and O–H groups in total. The lowest BCUT2D eigenvalue weighted by molar-refractivity contribution is -0.132. The Morgan fingerprint density at radius 3 is 2.90 bits per heavy atom. The van der Waals surface area contributed by atoms with E-state index in [1.807, 2.05) is 0 Å². The predicted molar refractivity (Wildman–Crippen MR) is 82.0 cm³/mol. The molecular weight excluding hydrogens is 248 g/mol. The summed E-state index contributed by atoms with van der Waals surface area (Å²) in [5.74, 6) is 0.342. The highest BCUT2D eigenvalue weighted by Gasteiger charge is 2.37. The Morgan fingerprint density at radius 2 is 2.05 bits per heavy atom. The van der Waals surface area contributed by atoms with Gasteiger partial charge in [0.25, 0.3) is 0 Å². The molecule has 2 heterocycles. The number of rotatable bonds is 4. The van der Waals surface area contributed by atoms with Crippen molar-refractivity contribution >= 4 is 11.6 Å². The fourth-order valence-electron chi connectivity index (χ4n) is 3.47. The van der Waals surface area contributed by atoms with E-state index in [0.29, 0.717) is 5.91 Å². The Labute approximate surface area is 121 Å². The second-order valence-corrected chi connectivity index (χ2v) is 5.93. The number of carbonyl (C=O) groups excluding carboxylic acids is 1. The Hall–Kier alpha value is -1.51. The number of nitrogens with zero attached hydrogens (tertiary/aromatic N) is 2. The average molecular weight is 272 g/mol. The molecule has 0 saturated carbocycles. The molecule has 2 aliphatic rings. The smallest absolute Gasteiger partial charge is 0.245 e. The molecule has 3 rings (SSSR count). The number of anilines is 1. The summed E-state index contributed by atoms with van der Waals surface area (Å²) in [4.78, 5) is 17.2. The van der Waals surface area contributed by atoms with Crippen molar-refractivity contribution in [3.63, 3.8) is 0 Å². The van der Waals surface area contributed by atoms with Crippen LogP contribution in [0.2, 0.25) is 0 Å². The summed E-state index contributed by atoms with van der Waals surface area (Å²) >= 11 is 0. The molecule has 2 aliphatic heterocycles. The standard InChI is InChI=1S/C17H24N2O/c1-2-3-6-10-18-11-7-12-19-15-9-5-4-8-14(15)13-16(19)17(18)20/h4-5,8-9,16H,2-3,6-7,10-13H2,1H3. The van der Waals surface area contributed by atoms with Crippen molar-refractivity contribution in [3.8, 4) is 0 Å². The third kappa shape index (κ3) is 2.41. The molecule has 1 saturated heterocycles. The number of amides is 1. The molecule has 0 aromatic heterocycles. The molecule has 1 fully saturated rings. The van der Waals surface area contributed by atoms with Gasteiger partial charge in [-0.05, 0) is 24.5 Å². The van der Waals surface area contributed by atoms with E-state index < -0.39 is 0 Å². The molecule has 0 spiro atoms. The van der Waals surface area contributed by atoms with Crippen LogP contribution in [0.15, 0.2) is 24.3 Å². The van der Waals surface area contributed by atoms with Gasteiger partial charge in [-0.1, -0.05) is 38.0 Å². The van der Waals surface area contributed by atoms with Gasteiger partial charge >= 0.3 is 0 Å². The van der Waals surface area contributed by atoms with E-state index in [1.165, 1.54) is 24.1 Å². The Kier molecular flexibility index (Phi) is 3.95. The molecule has 0 aliphatic carbocycles. The maximum Gasteiger partial charge on any atom is 0.245 e. The average Bonchev–Trinajstić information content (AvgIpc) is 2.77. The lowest BCUT2D eigenvalue weighted by Gasteiger charge is -2.26. The largest absolute Gasteiger partial charge is 0.359 e. The van der Waals surface area contributed by atoms with Gasteiger partial charge in [0.15, 0.2) is 0 Å². The van der Waals surface area contributed by atoms with Crippen molar-refractivity contribution in [2.75, 3.05) is 24.5 Å². The molecule has 0 bridgehead atoms. The molecule has 20 heavy (non-hydrogen) atoms. The Morgan fingerprint density at radius 1 is 1.20 bits per heavy atom. The van der Waals surface area contributed by atoms with Gasteiger partial charge in [-0.2, -0.15) is 0 Å². The van der Waals surface area contributed by atoms with Gasteiger partial charge in [0.2, 0.25) is 5.91 Å². The maximum absolute atomic E-state index is 12.8. The topological polar surface area (TPSA) is 23.6 Å². The SMILES string of the molecule is CCCCCN1CCCN2c3ccccc3CC2C1=O. The number of fused-ring (bicyclic) bond motifs is 3. The fraction of sp³-hybridized carbons (Fsp3) is 0.588. The maximum atomic E-state index is 12.8. The van der Waals surface area contributed by atoms with Gasteiger partial charge < -0.3 is 9.80 Å². The van der Waals surface area contributed by atoms with E-state index in [1.54, 1.807) is 0 Å². The molecule has 1 atom stereocenters. The van der Waals surface area contributed by atoms with E-state index in [-0.39, 0.29) is 6.04 Å². The lowest BCUT2D eigenvalue weighted by Crippen LogP contribution is -2.44. The molecule has 108 valence electrons. The minimum Gasteiger partial charge on any atom is -0.359 e. The Bertz CT molecular complexity index is 486. The van der Waals surface area contributed by atoms with Crippen LogP contribution in [0.3, 0.4) is 0 Å². The first kappa shape index (κ1) is 13.5. The van der Waals surface area contributed by atoms with Crippen LogP contribution in [0.1, 0.15) is 38.2 Å². The summed E-state index contributed by atoms with van der Waals surface area (Å²) in [5, 5.41) is 0. The molecule has 1 amide bonds. The minimum atomic E-state index is 0.0523. The quantitative estimate of drug-likeness (QED) is 0.787. The highest BCUT2D eigenvalue weighted by atomic mass is 16.2. The van der Waals surface area contributed by atoms with E-state index in [9.17, 15) is 4.79 Å². The second kappa shape index (κ2) is 5.86. The number of hydrogen-bond donors (Lipinski definition) is 0. The fourth-order valence-corrected chi connectivity index (χ4v) is 3.47. The number of carbonyl (C=O) groups is 1. The first-order valence-corrected chi connectivity index (χ1v) is 7.94. The summed E-state index contributed by atoms with van der Waals surface area (Å²) in [6.07, 6.45) is 5.55. The van der Waals surface area contributed by atoms with Crippen LogP contribution < -0.4 is 4.90 Å². The second-order valence-electron chi connectivity index (χ2n) is 5.93.